The number of primary sulfonamides is 1. The molecule has 106 valence electrons. The molecule has 4 N–H and O–H groups in total. The summed E-state index contributed by atoms with van der Waals surface area (Å²) in [4.78, 5) is 0.0392. The van der Waals surface area contributed by atoms with Crippen molar-refractivity contribution in [1.82, 2.24) is 0 Å². The molecule has 19 heavy (non-hydrogen) atoms. The molecule has 6 heteroatoms. The summed E-state index contributed by atoms with van der Waals surface area (Å²) in [5.41, 5.74) is 5.72. The number of nitrogens with two attached hydrogens (primary N) is 2. The predicted molar refractivity (Wildman–Crippen MR) is 73.2 cm³/mol. The first-order chi connectivity index (χ1) is 9.02. The Balaban J connectivity index is 2.08. The van der Waals surface area contributed by atoms with Gasteiger partial charge in [-0.25, -0.2) is 13.6 Å². The number of para-hydroxylation sites is 1. The van der Waals surface area contributed by atoms with Crippen molar-refractivity contribution in [2.45, 2.75) is 24.2 Å². The van der Waals surface area contributed by atoms with Crippen LogP contribution in [0.2, 0.25) is 0 Å². The van der Waals surface area contributed by atoms with E-state index >= 15 is 0 Å². The lowest BCUT2D eigenvalue weighted by atomic mass is 9.97. The van der Waals surface area contributed by atoms with E-state index in [1.807, 2.05) is 0 Å². The van der Waals surface area contributed by atoms with Crippen molar-refractivity contribution in [3.05, 3.63) is 24.3 Å². The SMILES string of the molecule is NCC1CCCC1COc1ccccc1S(N)(=O)=O. The van der Waals surface area contributed by atoms with Crippen LogP contribution in [-0.4, -0.2) is 21.6 Å². The first-order valence-electron chi connectivity index (χ1n) is 6.47. The van der Waals surface area contributed by atoms with Gasteiger partial charge in [-0.3, -0.25) is 0 Å². The normalized spacial score (nSPS) is 23.5. The fourth-order valence-electron chi connectivity index (χ4n) is 2.64. The monoisotopic (exact) mass is 284 g/mol. The molecule has 1 aliphatic carbocycles. The number of ether oxygens (including phenoxy) is 1. The first kappa shape index (κ1) is 14.3. The highest BCUT2D eigenvalue weighted by molar-refractivity contribution is 7.89. The molecule has 0 bridgehead atoms. The zero-order valence-corrected chi connectivity index (χ0v) is 11.6. The van der Waals surface area contributed by atoms with E-state index in [1.54, 1.807) is 18.2 Å². The van der Waals surface area contributed by atoms with Gasteiger partial charge < -0.3 is 10.5 Å². The summed E-state index contributed by atoms with van der Waals surface area (Å²) < 4.78 is 28.6. The zero-order valence-electron chi connectivity index (χ0n) is 10.8. The fourth-order valence-corrected chi connectivity index (χ4v) is 3.32. The molecule has 0 heterocycles. The molecule has 0 radical (unpaired) electrons. The first-order valence-corrected chi connectivity index (χ1v) is 8.01. The highest BCUT2D eigenvalue weighted by Gasteiger charge is 2.27. The van der Waals surface area contributed by atoms with Gasteiger partial charge in [0.05, 0.1) is 6.61 Å². The van der Waals surface area contributed by atoms with Crippen molar-refractivity contribution in [3.63, 3.8) is 0 Å². The molecule has 0 spiro atoms. The Morgan fingerprint density at radius 2 is 1.89 bits per heavy atom. The van der Waals surface area contributed by atoms with Crippen LogP contribution in [0.4, 0.5) is 0 Å². The largest absolute Gasteiger partial charge is 0.492 e. The van der Waals surface area contributed by atoms with Crippen LogP contribution in [0.1, 0.15) is 19.3 Å². The summed E-state index contributed by atoms with van der Waals surface area (Å²) in [5.74, 6) is 1.20. The number of hydrogen-bond donors (Lipinski definition) is 2. The second-order valence-corrected chi connectivity index (χ2v) is 6.52. The minimum absolute atomic E-state index is 0.0392. The average molecular weight is 284 g/mol. The van der Waals surface area contributed by atoms with Crippen LogP contribution >= 0.6 is 0 Å². The van der Waals surface area contributed by atoms with Gasteiger partial charge >= 0.3 is 0 Å². The van der Waals surface area contributed by atoms with E-state index < -0.39 is 10.0 Å². The molecule has 0 saturated heterocycles. The quantitative estimate of drug-likeness (QED) is 0.846. The van der Waals surface area contributed by atoms with E-state index in [4.69, 9.17) is 15.6 Å². The van der Waals surface area contributed by atoms with Crippen molar-refractivity contribution in [1.29, 1.82) is 0 Å². The summed E-state index contributed by atoms with van der Waals surface area (Å²) in [6.45, 7) is 1.15. The van der Waals surface area contributed by atoms with E-state index in [0.717, 1.165) is 19.3 Å². The summed E-state index contributed by atoms with van der Waals surface area (Å²) in [5, 5.41) is 5.17. The molecule has 2 atom stereocenters. The second-order valence-electron chi connectivity index (χ2n) is 4.99. The van der Waals surface area contributed by atoms with E-state index in [-0.39, 0.29) is 4.90 Å². The average Bonchev–Trinajstić information content (AvgIpc) is 2.83. The number of sulfonamides is 1. The third-order valence-electron chi connectivity index (χ3n) is 3.73. The molecule has 0 aliphatic heterocycles. The molecule has 1 aliphatic rings. The van der Waals surface area contributed by atoms with Crippen LogP contribution in [0.25, 0.3) is 0 Å². The third-order valence-corrected chi connectivity index (χ3v) is 4.68. The summed E-state index contributed by atoms with van der Waals surface area (Å²) in [6, 6.07) is 6.45. The molecule has 1 saturated carbocycles. The topological polar surface area (TPSA) is 95.4 Å². The van der Waals surface area contributed by atoms with Crippen molar-refractivity contribution in [2.75, 3.05) is 13.2 Å². The maximum absolute atomic E-state index is 11.4. The van der Waals surface area contributed by atoms with Crippen LogP contribution in [0.15, 0.2) is 29.2 Å². The Labute approximate surface area is 114 Å². The minimum atomic E-state index is -3.75. The standard InChI is InChI=1S/C13H20N2O3S/c14-8-10-4-3-5-11(10)9-18-12-6-1-2-7-13(12)19(15,16)17/h1-2,6-7,10-11H,3-5,8-9,14H2,(H2,15,16,17). The van der Waals surface area contributed by atoms with Crippen LogP contribution in [0.3, 0.4) is 0 Å². The van der Waals surface area contributed by atoms with E-state index in [1.165, 1.54) is 6.07 Å². The predicted octanol–water partition coefficient (Wildman–Crippen LogP) is 1.09. The molecule has 2 rings (SSSR count). The molecular weight excluding hydrogens is 264 g/mol. The Bertz CT molecular complexity index is 530. The molecule has 5 nitrogen and oxygen atoms in total. The lowest BCUT2D eigenvalue weighted by molar-refractivity contribution is 0.212. The highest BCUT2D eigenvalue weighted by Crippen LogP contribution is 2.32. The van der Waals surface area contributed by atoms with Crippen molar-refractivity contribution >= 4 is 10.0 Å². The second kappa shape index (κ2) is 5.90. The maximum atomic E-state index is 11.4. The number of hydrogen-bond acceptors (Lipinski definition) is 4. The Morgan fingerprint density at radius 3 is 2.58 bits per heavy atom. The maximum Gasteiger partial charge on any atom is 0.241 e. The zero-order chi connectivity index (χ0) is 13.9. The van der Waals surface area contributed by atoms with Crippen LogP contribution in [0.5, 0.6) is 5.75 Å². The van der Waals surface area contributed by atoms with Gasteiger partial charge in [0.2, 0.25) is 10.0 Å². The van der Waals surface area contributed by atoms with Gasteiger partial charge in [0.25, 0.3) is 0 Å². The van der Waals surface area contributed by atoms with Gasteiger partial charge in [0.15, 0.2) is 0 Å². The molecule has 2 unspecified atom stereocenters. The molecule has 1 fully saturated rings. The summed E-state index contributed by atoms with van der Waals surface area (Å²) in [6.07, 6.45) is 3.37. The lowest BCUT2D eigenvalue weighted by Gasteiger charge is -2.19. The van der Waals surface area contributed by atoms with Gasteiger partial charge in [-0.1, -0.05) is 18.6 Å². The van der Waals surface area contributed by atoms with Gasteiger partial charge in [0, 0.05) is 0 Å². The Morgan fingerprint density at radius 1 is 1.21 bits per heavy atom. The van der Waals surface area contributed by atoms with Gasteiger partial charge in [-0.2, -0.15) is 0 Å². The summed E-state index contributed by atoms with van der Waals surface area (Å²) >= 11 is 0. The van der Waals surface area contributed by atoms with E-state index in [9.17, 15) is 8.42 Å². The van der Waals surface area contributed by atoms with Crippen molar-refractivity contribution in [2.24, 2.45) is 22.7 Å². The molecule has 1 aromatic rings. The molecular formula is C13H20N2O3S. The van der Waals surface area contributed by atoms with E-state index in [0.29, 0.717) is 30.7 Å². The van der Waals surface area contributed by atoms with Gasteiger partial charge in [0.1, 0.15) is 10.6 Å². The van der Waals surface area contributed by atoms with Gasteiger partial charge in [-0.05, 0) is 43.4 Å². The van der Waals surface area contributed by atoms with Crippen molar-refractivity contribution in [3.8, 4) is 5.75 Å². The molecule has 0 amide bonds. The Kier molecular flexibility index (Phi) is 4.44. The molecule has 1 aromatic carbocycles. The van der Waals surface area contributed by atoms with E-state index in [2.05, 4.69) is 0 Å². The van der Waals surface area contributed by atoms with Crippen LogP contribution in [-0.2, 0) is 10.0 Å². The molecule has 0 aromatic heterocycles. The lowest BCUT2D eigenvalue weighted by Crippen LogP contribution is -2.24. The fraction of sp³-hybridized carbons (Fsp3) is 0.538. The minimum Gasteiger partial charge on any atom is -0.492 e. The summed E-state index contributed by atoms with van der Waals surface area (Å²) in [7, 11) is -3.75. The van der Waals surface area contributed by atoms with Crippen molar-refractivity contribution < 1.29 is 13.2 Å². The van der Waals surface area contributed by atoms with Crippen LogP contribution in [0, 0.1) is 11.8 Å². The highest BCUT2D eigenvalue weighted by atomic mass is 32.2. The number of rotatable bonds is 5. The smallest absolute Gasteiger partial charge is 0.241 e. The van der Waals surface area contributed by atoms with Gasteiger partial charge in [-0.15, -0.1) is 0 Å². The number of benzene rings is 1. The Hall–Kier alpha value is -1.11. The van der Waals surface area contributed by atoms with Crippen LogP contribution < -0.4 is 15.6 Å². The third kappa shape index (κ3) is 3.46.